The van der Waals surface area contributed by atoms with Gasteiger partial charge in [-0.25, -0.2) is 0 Å². The standard InChI is InChI=1S/C14H25NO/c1-13(2,3)10-8-11(14(4,5)6)12(16-7)15-9-10/h8-9,12,15H,1-7H3. The number of methoxy groups -OCH3 is 1. The maximum Gasteiger partial charge on any atom is 0.150 e. The Balaban J connectivity index is 3.08. The third kappa shape index (κ3) is 2.88. The van der Waals surface area contributed by atoms with Gasteiger partial charge in [-0.3, -0.25) is 0 Å². The third-order valence-electron chi connectivity index (χ3n) is 2.95. The van der Waals surface area contributed by atoms with Crippen LogP contribution in [0.15, 0.2) is 23.4 Å². The van der Waals surface area contributed by atoms with E-state index in [1.807, 2.05) is 0 Å². The van der Waals surface area contributed by atoms with Gasteiger partial charge in [-0.2, -0.15) is 0 Å². The van der Waals surface area contributed by atoms with Gasteiger partial charge in [-0.15, -0.1) is 0 Å². The summed E-state index contributed by atoms with van der Waals surface area (Å²) in [6.45, 7) is 13.3. The van der Waals surface area contributed by atoms with Crippen molar-refractivity contribution < 1.29 is 4.74 Å². The summed E-state index contributed by atoms with van der Waals surface area (Å²) in [6.07, 6.45) is 4.36. The molecule has 0 saturated heterocycles. The Kier molecular flexibility index (Phi) is 3.53. The van der Waals surface area contributed by atoms with Gasteiger partial charge >= 0.3 is 0 Å². The summed E-state index contributed by atoms with van der Waals surface area (Å²) in [7, 11) is 1.74. The molecule has 0 saturated carbocycles. The molecule has 1 rings (SSSR count). The van der Waals surface area contributed by atoms with Crippen molar-refractivity contribution in [3.8, 4) is 0 Å². The zero-order chi connectivity index (χ0) is 12.6. The normalized spacial score (nSPS) is 22.3. The fraction of sp³-hybridized carbons (Fsp3) is 0.714. The lowest BCUT2D eigenvalue weighted by molar-refractivity contribution is 0.0963. The average molecular weight is 223 g/mol. The van der Waals surface area contributed by atoms with Gasteiger partial charge in [0.1, 0.15) is 6.23 Å². The molecule has 2 heteroatoms. The molecule has 1 aliphatic rings. The van der Waals surface area contributed by atoms with Gasteiger partial charge in [0.2, 0.25) is 0 Å². The highest BCUT2D eigenvalue weighted by Crippen LogP contribution is 2.36. The molecule has 16 heavy (non-hydrogen) atoms. The molecule has 1 unspecified atom stereocenters. The van der Waals surface area contributed by atoms with Gasteiger partial charge in [-0.05, 0) is 22.0 Å². The smallest absolute Gasteiger partial charge is 0.150 e. The second-order valence-corrected chi connectivity index (χ2v) is 6.48. The van der Waals surface area contributed by atoms with E-state index in [2.05, 4.69) is 59.1 Å². The Labute approximate surface area is 99.8 Å². The van der Waals surface area contributed by atoms with Crippen LogP contribution in [0, 0.1) is 10.8 Å². The number of allylic oxidation sites excluding steroid dienone is 2. The Hall–Kier alpha value is -0.760. The Morgan fingerprint density at radius 1 is 1.06 bits per heavy atom. The summed E-state index contributed by atoms with van der Waals surface area (Å²) >= 11 is 0. The highest BCUT2D eigenvalue weighted by molar-refractivity contribution is 5.35. The van der Waals surface area contributed by atoms with Gasteiger partial charge < -0.3 is 10.1 Å². The Morgan fingerprint density at radius 3 is 2.00 bits per heavy atom. The summed E-state index contributed by atoms with van der Waals surface area (Å²) in [5.41, 5.74) is 2.92. The Bertz CT molecular complexity index is 313. The number of dihydropyridines is 1. The van der Waals surface area contributed by atoms with Crippen LogP contribution in [0.3, 0.4) is 0 Å². The second kappa shape index (κ2) is 4.25. The predicted molar refractivity (Wildman–Crippen MR) is 69.0 cm³/mol. The molecular formula is C14H25NO. The molecule has 0 radical (unpaired) electrons. The topological polar surface area (TPSA) is 21.3 Å². The zero-order valence-corrected chi connectivity index (χ0v) is 11.6. The van der Waals surface area contributed by atoms with Crippen LogP contribution >= 0.6 is 0 Å². The molecule has 0 spiro atoms. The van der Waals surface area contributed by atoms with Crippen molar-refractivity contribution in [3.63, 3.8) is 0 Å². The lowest BCUT2D eigenvalue weighted by atomic mass is 9.78. The molecule has 0 aromatic heterocycles. The van der Waals surface area contributed by atoms with Crippen LogP contribution in [-0.2, 0) is 4.74 Å². The number of hydrogen-bond acceptors (Lipinski definition) is 2. The minimum absolute atomic E-state index is 0.00565. The van der Waals surface area contributed by atoms with Crippen LogP contribution < -0.4 is 5.32 Å². The van der Waals surface area contributed by atoms with Crippen LogP contribution in [-0.4, -0.2) is 13.3 Å². The first-order valence-electron chi connectivity index (χ1n) is 5.88. The van der Waals surface area contributed by atoms with E-state index in [1.165, 1.54) is 11.1 Å². The Morgan fingerprint density at radius 2 is 1.62 bits per heavy atom. The first-order valence-corrected chi connectivity index (χ1v) is 5.88. The maximum absolute atomic E-state index is 5.47. The molecule has 2 nitrogen and oxygen atoms in total. The molecule has 1 N–H and O–H groups in total. The maximum atomic E-state index is 5.47. The first kappa shape index (κ1) is 13.3. The molecule has 0 fully saturated rings. The molecule has 0 aromatic rings. The number of ether oxygens (including phenoxy) is 1. The van der Waals surface area contributed by atoms with E-state index in [9.17, 15) is 0 Å². The fourth-order valence-corrected chi connectivity index (χ4v) is 1.78. The van der Waals surface area contributed by atoms with Crippen molar-refractivity contribution in [2.75, 3.05) is 7.11 Å². The second-order valence-electron chi connectivity index (χ2n) is 6.48. The van der Waals surface area contributed by atoms with Crippen LogP contribution in [0.25, 0.3) is 0 Å². The van der Waals surface area contributed by atoms with Gasteiger partial charge in [0, 0.05) is 13.3 Å². The van der Waals surface area contributed by atoms with E-state index in [-0.39, 0.29) is 17.1 Å². The van der Waals surface area contributed by atoms with Gasteiger partial charge in [0.05, 0.1) is 0 Å². The van der Waals surface area contributed by atoms with Crippen LogP contribution in [0.2, 0.25) is 0 Å². The molecular weight excluding hydrogens is 198 g/mol. The van der Waals surface area contributed by atoms with Crippen LogP contribution in [0.4, 0.5) is 0 Å². The summed E-state index contributed by atoms with van der Waals surface area (Å²) < 4.78 is 5.47. The molecule has 0 amide bonds. The minimum atomic E-state index is 0.00565. The summed E-state index contributed by atoms with van der Waals surface area (Å²) in [6, 6.07) is 0. The molecule has 0 aromatic carbocycles. The summed E-state index contributed by atoms with van der Waals surface area (Å²) in [5, 5.41) is 3.33. The van der Waals surface area contributed by atoms with Gasteiger partial charge in [0.25, 0.3) is 0 Å². The summed E-state index contributed by atoms with van der Waals surface area (Å²) in [4.78, 5) is 0. The van der Waals surface area contributed by atoms with Crippen molar-refractivity contribution in [2.24, 2.45) is 10.8 Å². The zero-order valence-electron chi connectivity index (χ0n) is 11.6. The molecule has 1 atom stereocenters. The van der Waals surface area contributed by atoms with E-state index in [4.69, 9.17) is 4.74 Å². The van der Waals surface area contributed by atoms with E-state index >= 15 is 0 Å². The lowest BCUT2D eigenvalue weighted by Gasteiger charge is -2.35. The van der Waals surface area contributed by atoms with Crippen molar-refractivity contribution in [2.45, 2.75) is 47.8 Å². The minimum Gasteiger partial charge on any atom is -0.362 e. The number of nitrogens with one attached hydrogen (secondary N) is 1. The van der Waals surface area contributed by atoms with Gasteiger partial charge in [-0.1, -0.05) is 47.6 Å². The molecule has 1 aliphatic heterocycles. The monoisotopic (exact) mass is 223 g/mol. The lowest BCUT2D eigenvalue weighted by Crippen LogP contribution is -2.37. The van der Waals surface area contributed by atoms with E-state index < -0.39 is 0 Å². The van der Waals surface area contributed by atoms with E-state index in [0.29, 0.717) is 0 Å². The SMILES string of the molecule is COC1NC=C(C(C)(C)C)C=C1C(C)(C)C. The van der Waals surface area contributed by atoms with E-state index in [1.54, 1.807) is 7.11 Å². The van der Waals surface area contributed by atoms with Crippen molar-refractivity contribution >= 4 is 0 Å². The highest BCUT2D eigenvalue weighted by Gasteiger charge is 2.29. The molecule has 0 aliphatic carbocycles. The molecule has 92 valence electrons. The fourth-order valence-electron chi connectivity index (χ4n) is 1.78. The van der Waals surface area contributed by atoms with Crippen LogP contribution in [0.5, 0.6) is 0 Å². The molecule has 1 heterocycles. The molecule has 0 bridgehead atoms. The van der Waals surface area contributed by atoms with Crippen molar-refractivity contribution in [1.82, 2.24) is 5.32 Å². The predicted octanol–water partition coefficient (Wildman–Crippen LogP) is 3.46. The highest BCUT2D eigenvalue weighted by atomic mass is 16.5. The van der Waals surface area contributed by atoms with E-state index in [0.717, 1.165) is 0 Å². The summed E-state index contributed by atoms with van der Waals surface area (Å²) in [5.74, 6) is 0. The number of hydrogen-bond donors (Lipinski definition) is 1. The number of rotatable bonds is 1. The van der Waals surface area contributed by atoms with Crippen molar-refractivity contribution in [1.29, 1.82) is 0 Å². The van der Waals surface area contributed by atoms with Gasteiger partial charge in [0.15, 0.2) is 0 Å². The average Bonchev–Trinajstić information content (AvgIpc) is 2.14. The largest absolute Gasteiger partial charge is 0.362 e. The first-order chi connectivity index (χ1) is 7.16. The quantitative estimate of drug-likeness (QED) is 0.735. The third-order valence-corrected chi connectivity index (χ3v) is 2.95. The van der Waals surface area contributed by atoms with Crippen molar-refractivity contribution in [3.05, 3.63) is 23.4 Å². The van der Waals surface area contributed by atoms with Crippen LogP contribution in [0.1, 0.15) is 41.5 Å².